The molecule has 1 unspecified atom stereocenters. The SMILES string of the molecule is C=C(OC(=O)CCCCCCCCCCC)[C@H]1C(=O)N2C(CN(Cc3cccc4ccccc34)C(=O)[C@@H]2Cc2ccc(O)cc2)N1C(=O)NCc1ccccc1. The minimum absolute atomic E-state index is 0.0365. The van der Waals surface area contributed by atoms with Crippen LogP contribution in [-0.2, 0) is 38.6 Å². The lowest BCUT2D eigenvalue weighted by Gasteiger charge is -2.44. The number of ether oxygens (including phenoxy) is 1. The van der Waals surface area contributed by atoms with E-state index >= 15 is 0 Å². The number of fused-ring (bicyclic) bond motifs is 2. The average molecular weight is 759 g/mol. The van der Waals surface area contributed by atoms with Crippen molar-refractivity contribution in [3.05, 3.63) is 126 Å². The second kappa shape index (κ2) is 19.3. The standard InChI is InChI=1S/C46H54N4O6/c1-3-4-5-6-7-8-9-10-14-24-42(52)56-33(2)43-45(54)49-40(29-34-25-27-38(51)28-26-34)44(53)48(31-37-22-17-21-36-20-15-16-23-39(36)37)32-41(49)50(43)46(55)47-30-35-18-12-11-13-19-35/h11-13,15-23,25-28,40-41,43,51H,2-10,14,24,29-32H2,1H3,(H,47,55)/t40-,41?,43-/m0/s1. The molecular formula is C46H54N4O6. The summed E-state index contributed by atoms with van der Waals surface area (Å²) in [4.78, 5) is 61.3. The highest BCUT2D eigenvalue weighted by Crippen LogP contribution is 2.36. The molecule has 4 aromatic rings. The largest absolute Gasteiger partial charge is 0.508 e. The number of hydrogen-bond acceptors (Lipinski definition) is 6. The lowest BCUT2D eigenvalue weighted by Crippen LogP contribution is -2.64. The molecule has 0 aromatic heterocycles. The predicted octanol–water partition coefficient (Wildman–Crippen LogP) is 8.23. The van der Waals surface area contributed by atoms with Crippen LogP contribution in [0.5, 0.6) is 5.75 Å². The second-order valence-electron chi connectivity index (χ2n) is 14.9. The number of piperazine rings is 1. The molecule has 0 spiro atoms. The minimum atomic E-state index is -1.34. The zero-order valence-corrected chi connectivity index (χ0v) is 32.4. The number of amides is 4. The Balaban J connectivity index is 1.25. The third-order valence-corrected chi connectivity index (χ3v) is 10.9. The first-order valence-corrected chi connectivity index (χ1v) is 20.1. The zero-order chi connectivity index (χ0) is 39.4. The van der Waals surface area contributed by atoms with Gasteiger partial charge in [-0.25, -0.2) is 4.79 Å². The number of aromatic hydroxyl groups is 1. The summed E-state index contributed by atoms with van der Waals surface area (Å²) in [6.45, 7) is 6.75. The Hall–Kier alpha value is -5.64. The maximum absolute atomic E-state index is 14.7. The van der Waals surface area contributed by atoms with E-state index < -0.39 is 36.2 Å². The molecule has 4 amide bonds. The van der Waals surface area contributed by atoms with Crippen LogP contribution < -0.4 is 5.32 Å². The zero-order valence-electron chi connectivity index (χ0n) is 32.4. The van der Waals surface area contributed by atoms with Crippen LogP contribution in [0.4, 0.5) is 4.79 Å². The summed E-state index contributed by atoms with van der Waals surface area (Å²) in [5, 5.41) is 15.0. The number of phenols is 1. The van der Waals surface area contributed by atoms with Gasteiger partial charge in [-0.1, -0.05) is 150 Å². The molecule has 6 rings (SSSR count). The van der Waals surface area contributed by atoms with Crippen LogP contribution in [0, 0.1) is 0 Å². The van der Waals surface area contributed by atoms with Crippen molar-refractivity contribution in [3.63, 3.8) is 0 Å². The van der Waals surface area contributed by atoms with Crippen molar-refractivity contribution < 1.29 is 29.0 Å². The van der Waals surface area contributed by atoms with Crippen LogP contribution in [0.15, 0.2) is 109 Å². The number of carbonyl (C=O) groups is 4. The van der Waals surface area contributed by atoms with E-state index in [2.05, 4.69) is 18.8 Å². The smallest absolute Gasteiger partial charge is 0.320 e. The van der Waals surface area contributed by atoms with Crippen LogP contribution in [0.1, 0.15) is 87.8 Å². The van der Waals surface area contributed by atoms with Gasteiger partial charge in [-0.15, -0.1) is 0 Å². The molecule has 294 valence electrons. The highest BCUT2D eigenvalue weighted by Gasteiger charge is 2.57. The van der Waals surface area contributed by atoms with Crippen molar-refractivity contribution in [1.82, 2.24) is 20.0 Å². The van der Waals surface area contributed by atoms with Gasteiger partial charge >= 0.3 is 12.0 Å². The quantitative estimate of drug-likeness (QED) is 0.0600. The molecule has 2 saturated heterocycles. The Bertz CT molecular complexity index is 1980. The number of benzene rings is 4. The summed E-state index contributed by atoms with van der Waals surface area (Å²) >= 11 is 0. The van der Waals surface area contributed by atoms with Crippen LogP contribution in [0.3, 0.4) is 0 Å². The number of nitrogens with zero attached hydrogens (tertiary/aromatic N) is 3. The topological polar surface area (TPSA) is 119 Å². The minimum Gasteiger partial charge on any atom is -0.508 e. The highest BCUT2D eigenvalue weighted by atomic mass is 16.5. The lowest BCUT2D eigenvalue weighted by molar-refractivity contribution is -0.153. The molecule has 56 heavy (non-hydrogen) atoms. The molecule has 2 N–H and O–H groups in total. The van der Waals surface area contributed by atoms with E-state index in [4.69, 9.17) is 4.74 Å². The van der Waals surface area contributed by atoms with Crippen molar-refractivity contribution in [2.24, 2.45) is 0 Å². The normalized spacial score (nSPS) is 17.9. The van der Waals surface area contributed by atoms with Crippen molar-refractivity contribution in [2.45, 2.75) is 109 Å². The Kier molecular flexibility index (Phi) is 13.8. The second-order valence-corrected chi connectivity index (χ2v) is 14.9. The number of esters is 1. The number of nitrogens with one attached hydrogen (secondary N) is 1. The Morgan fingerprint density at radius 2 is 1.45 bits per heavy atom. The summed E-state index contributed by atoms with van der Waals surface area (Å²) < 4.78 is 5.76. The molecule has 2 aliphatic rings. The van der Waals surface area contributed by atoms with Crippen LogP contribution >= 0.6 is 0 Å². The van der Waals surface area contributed by atoms with Crippen LogP contribution in [0.25, 0.3) is 10.8 Å². The van der Waals surface area contributed by atoms with Gasteiger partial charge in [0.2, 0.25) is 5.91 Å². The van der Waals surface area contributed by atoms with E-state index in [0.717, 1.165) is 46.7 Å². The third-order valence-electron chi connectivity index (χ3n) is 10.9. The number of rotatable bonds is 18. The number of unbranched alkanes of at least 4 members (excludes halogenated alkanes) is 8. The van der Waals surface area contributed by atoms with E-state index in [0.29, 0.717) is 6.42 Å². The summed E-state index contributed by atoms with van der Waals surface area (Å²) in [6.07, 6.45) is 9.34. The van der Waals surface area contributed by atoms with Gasteiger partial charge in [-0.3, -0.25) is 19.3 Å². The maximum atomic E-state index is 14.7. The Labute approximate surface area is 330 Å². The molecule has 10 heteroatoms. The van der Waals surface area contributed by atoms with Gasteiger partial charge in [0, 0.05) is 25.9 Å². The molecule has 2 aliphatic heterocycles. The van der Waals surface area contributed by atoms with Crippen molar-refractivity contribution in [2.75, 3.05) is 6.54 Å². The number of urea groups is 1. The molecule has 0 aliphatic carbocycles. The van der Waals surface area contributed by atoms with Gasteiger partial charge in [-0.05, 0) is 46.0 Å². The first-order valence-electron chi connectivity index (χ1n) is 20.1. The fourth-order valence-corrected chi connectivity index (χ4v) is 7.93. The molecule has 0 bridgehead atoms. The van der Waals surface area contributed by atoms with E-state index in [9.17, 15) is 24.3 Å². The number of carbonyl (C=O) groups excluding carboxylic acids is 4. The molecule has 2 fully saturated rings. The fraction of sp³-hybridized carbons (Fsp3) is 0.391. The molecule has 2 heterocycles. The first kappa shape index (κ1) is 40.0. The van der Waals surface area contributed by atoms with Gasteiger partial charge in [0.1, 0.15) is 23.7 Å². The van der Waals surface area contributed by atoms with Gasteiger partial charge in [-0.2, -0.15) is 0 Å². The van der Waals surface area contributed by atoms with Crippen LogP contribution in [0.2, 0.25) is 0 Å². The van der Waals surface area contributed by atoms with E-state index in [1.54, 1.807) is 29.2 Å². The number of hydrogen-bond donors (Lipinski definition) is 2. The van der Waals surface area contributed by atoms with Gasteiger partial charge < -0.3 is 25.0 Å². The lowest BCUT2D eigenvalue weighted by atomic mass is 9.98. The Morgan fingerprint density at radius 3 is 2.18 bits per heavy atom. The Morgan fingerprint density at radius 1 is 0.786 bits per heavy atom. The predicted molar refractivity (Wildman–Crippen MR) is 217 cm³/mol. The monoisotopic (exact) mass is 758 g/mol. The van der Waals surface area contributed by atoms with Crippen molar-refractivity contribution >= 4 is 34.6 Å². The molecule has 0 saturated carbocycles. The summed E-state index contributed by atoms with van der Waals surface area (Å²) in [6, 6.07) is 27.0. The molecule has 3 atom stereocenters. The van der Waals surface area contributed by atoms with Crippen LogP contribution in [-0.4, -0.2) is 68.4 Å². The third kappa shape index (κ3) is 9.77. The first-order chi connectivity index (χ1) is 27.2. The van der Waals surface area contributed by atoms with E-state index in [-0.39, 0.29) is 49.9 Å². The van der Waals surface area contributed by atoms with Gasteiger partial charge in [0.15, 0.2) is 6.04 Å². The highest BCUT2D eigenvalue weighted by molar-refractivity contribution is 5.98. The number of phenolic OH excluding ortho intramolecular Hbond substituents is 1. The maximum Gasteiger partial charge on any atom is 0.320 e. The van der Waals surface area contributed by atoms with Gasteiger partial charge in [0.05, 0.1) is 6.54 Å². The van der Waals surface area contributed by atoms with E-state index in [1.165, 1.54) is 41.9 Å². The summed E-state index contributed by atoms with van der Waals surface area (Å²) in [5.74, 6) is -1.37. The summed E-state index contributed by atoms with van der Waals surface area (Å²) in [5.41, 5.74) is 2.53. The molecule has 4 aromatic carbocycles. The van der Waals surface area contributed by atoms with Crippen molar-refractivity contribution in [1.29, 1.82) is 0 Å². The molecule has 10 nitrogen and oxygen atoms in total. The summed E-state index contributed by atoms with van der Waals surface area (Å²) in [7, 11) is 0. The van der Waals surface area contributed by atoms with Gasteiger partial charge in [0.25, 0.3) is 5.91 Å². The average Bonchev–Trinajstić information content (AvgIpc) is 3.50. The fourth-order valence-electron chi connectivity index (χ4n) is 7.93. The molecular weight excluding hydrogens is 705 g/mol. The van der Waals surface area contributed by atoms with Crippen molar-refractivity contribution in [3.8, 4) is 5.75 Å². The van der Waals surface area contributed by atoms with E-state index in [1.807, 2.05) is 72.8 Å². The molecule has 0 radical (unpaired) electrons.